The molecule has 1 aliphatic rings. The summed E-state index contributed by atoms with van der Waals surface area (Å²) in [5.41, 5.74) is 5.11. The van der Waals surface area contributed by atoms with E-state index >= 15 is 0 Å². The average Bonchev–Trinajstić information content (AvgIpc) is 2.53. The first-order valence-corrected chi connectivity index (χ1v) is 7.44. The predicted molar refractivity (Wildman–Crippen MR) is 83.2 cm³/mol. The lowest BCUT2D eigenvalue weighted by molar-refractivity contribution is 0.255. The van der Waals surface area contributed by atoms with Crippen LogP contribution in [-0.2, 0) is 0 Å². The summed E-state index contributed by atoms with van der Waals surface area (Å²) >= 11 is 6.23. The van der Waals surface area contributed by atoms with Crippen molar-refractivity contribution < 1.29 is 4.74 Å². The Morgan fingerprint density at radius 1 is 1.38 bits per heavy atom. The minimum atomic E-state index is -0.00310. The van der Waals surface area contributed by atoms with E-state index in [1.54, 1.807) is 12.4 Å². The molecular formula is C16H18ClN3O. The Morgan fingerprint density at radius 3 is 3.05 bits per heavy atom. The van der Waals surface area contributed by atoms with Gasteiger partial charge in [-0.1, -0.05) is 29.8 Å². The molecule has 0 radical (unpaired) electrons. The number of nitrogens with zero attached hydrogens (tertiary/aromatic N) is 1. The fourth-order valence-electron chi connectivity index (χ4n) is 2.90. The van der Waals surface area contributed by atoms with Crippen LogP contribution in [0.4, 0.5) is 0 Å². The first-order chi connectivity index (χ1) is 10.3. The van der Waals surface area contributed by atoms with Crippen molar-refractivity contribution in [1.29, 1.82) is 0 Å². The van der Waals surface area contributed by atoms with Gasteiger partial charge in [0, 0.05) is 18.4 Å². The Hall–Kier alpha value is -1.62. The van der Waals surface area contributed by atoms with E-state index in [2.05, 4.69) is 16.5 Å². The second-order valence-electron chi connectivity index (χ2n) is 5.22. The molecule has 0 aliphatic carbocycles. The number of aromatic nitrogens is 1. The number of halogens is 1. The predicted octanol–water partition coefficient (Wildman–Crippen LogP) is 3.20. The molecule has 1 aromatic carbocycles. The summed E-state index contributed by atoms with van der Waals surface area (Å²) in [6.45, 7) is 0.739. The standard InChI is InChI=1S/C16H18ClN3O/c17-14-10-19-7-5-13(14)15(20-18)9-11-6-8-21-16-4-2-1-3-12(11)16/h1-5,7,10-11,15,20H,6,8-9,18H2. The molecule has 2 aromatic rings. The highest BCUT2D eigenvalue weighted by atomic mass is 35.5. The number of para-hydroxylation sites is 1. The van der Waals surface area contributed by atoms with Gasteiger partial charge in [-0.25, -0.2) is 0 Å². The normalized spacial score (nSPS) is 18.7. The Labute approximate surface area is 129 Å². The number of hydrogen-bond donors (Lipinski definition) is 2. The Kier molecular flexibility index (Phi) is 4.39. The lowest BCUT2D eigenvalue weighted by atomic mass is 9.86. The number of rotatable bonds is 4. The van der Waals surface area contributed by atoms with Gasteiger partial charge in [-0.15, -0.1) is 0 Å². The average molecular weight is 304 g/mol. The summed E-state index contributed by atoms with van der Waals surface area (Å²) in [6, 6.07) is 10.1. The molecule has 0 bridgehead atoms. The molecule has 2 heterocycles. The van der Waals surface area contributed by atoms with Crippen molar-refractivity contribution in [3.63, 3.8) is 0 Å². The van der Waals surface area contributed by atoms with E-state index in [1.807, 2.05) is 24.3 Å². The molecule has 21 heavy (non-hydrogen) atoms. The SMILES string of the molecule is NNC(CC1CCOc2ccccc21)c1ccncc1Cl. The smallest absolute Gasteiger partial charge is 0.122 e. The molecule has 1 aliphatic heterocycles. The number of ether oxygens (including phenoxy) is 1. The molecule has 5 heteroatoms. The number of nitrogens with two attached hydrogens (primary N) is 1. The third kappa shape index (κ3) is 3.02. The minimum absolute atomic E-state index is 0.00310. The topological polar surface area (TPSA) is 60.2 Å². The summed E-state index contributed by atoms with van der Waals surface area (Å²) in [7, 11) is 0. The van der Waals surface area contributed by atoms with Crippen LogP contribution in [0.25, 0.3) is 0 Å². The van der Waals surface area contributed by atoms with E-state index in [9.17, 15) is 0 Å². The number of nitrogens with one attached hydrogen (secondary N) is 1. The molecule has 3 N–H and O–H groups in total. The van der Waals surface area contributed by atoms with E-state index in [4.69, 9.17) is 22.2 Å². The van der Waals surface area contributed by atoms with Crippen molar-refractivity contribution in [2.75, 3.05) is 6.61 Å². The summed E-state index contributed by atoms with van der Waals surface area (Å²) in [5, 5.41) is 0.640. The van der Waals surface area contributed by atoms with Gasteiger partial charge in [0.2, 0.25) is 0 Å². The van der Waals surface area contributed by atoms with Gasteiger partial charge in [0.1, 0.15) is 5.75 Å². The lowest BCUT2D eigenvalue weighted by Crippen LogP contribution is -2.30. The van der Waals surface area contributed by atoms with Crippen molar-refractivity contribution in [1.82, 2.24) is 10.4 Å². The molecule has 0 saturated heterocycles. The van der Waals surface area contributed by atoms with Crippen LogP contribution in [-0.4, -0.2) is 11.6 Å². The van der Waals surface area contributed by atoms with E-state index < -0.39 is 0 Å². The molecule has 0 fully saturated rings. The highest BCUT2D eigenvalue weighted by molar-refractivity contribution is 6.31. The van der Waals surface area contributed by atoms with Crippen LogP contribution in [0.1, 0.15) is 35.9 Å². The third-order valence-corrected chi connectivity index (χ3v) is 4.30. The highest BCUT2D eigenvalue weighted by Gasteiger charge is 2.25. The zero-order valence-corrected chi connectivity index (χ0v) is 12.4. The Morgan fingerprint density at radius 2 is 2.24 bits per heavy atom. The van der Waals surface area contributed by atoms with Crippen LogP contribution in [0.2, 0.25) is 5.02 Å². The molecular weight excluding hydrogens is 286 g/mol. The van der Waals surface area contributed by atoms with Crippen molar-refractivity contribution in [3.8, 4) is 5.75 Å². The molecule has 3 rings (SSSR count). The molecule has 2 unspecified atom stereocenters. The molecule has 110 valence electrons. The number of hydrazine groups is 1. The maximum absolute atomic E-state index is 6.23. The Balaban J connectivity index is 1.84. The van der Waals surface area contributed by atoms with Crippen LogP contribution in [0, 0.1) is 0 Å². The lowest BCUT2D eigenvalue weighted by Gasteiger charge is -2.29. The summed E-state index contributed by atoms with van der Waals surface area (Å²) < 4.78 is 5.71. The summed E-state index contributed by atoms with van der Waals surface area (Å²) in [4.78, 5) is 4.02. The van der Waals surface area contributed by atoms with Gasteiger partial charge in [-0.2, -0.15) is 0 Å². The summed E-state index contributed by atoms with van der Waals surface area (Å²) in [6.07, 6.45) is 5.25. The van der Waals surface area contributed by atoms with E-state index in [-0.39, 0.29) is 6.04 Å². The van der Waals surface area contributed by atoms with E-state index in [0.717, 1.165) is 30.8 Å². The minimum Gasteiger partial charge on any atom is -0.493 e. The monoisotopic (exact) mass is 303 g/mol. The maximum Gasteiger partial charge on any atom is 0.122 e. The van der Waals surface area contributed by atoms with Gasteiger partial charge in [-0.05, 0) is 42.0 Å². The van der Waals surface area contributed by atoms with Gasteiger partial charge in [-0.3, -0.25) is 16.3 Å². The van der Waals surface area contributed by atoms with E-state index in [1.165, 1.54) is 5.56 Å². The number of pyridine rings is 1. The zero-order valence-electron chi connectivity index (χ0n) is 11.6. The molecule has 0 saturated carbocycles. The largest absolute Gasteiger partial charge is 0.493 e. The van der Waals surface area contributed by atoms with Gasteiger partial charge < -0.3 is 4.74 Å². The van der Waals surface area contributed by atoms with E-state index in [0.29, 0.717) is 10.9 Å². The van der Waals surface area contributed by atoms with Crippen molar-refractivity contribution in [2.45, 2.75) is 24.8 Å². The zero-order chi connectivity index (χ0) is 14.7. The van der Waals surface area contributed by atoms with Crippen LogP contribution < -0.4 is 16.0 Å². The fourth-order valence-corrected chi connectivity index (χ4v) is 3.15. The van der Waals surface area contributed by atoms with Crippen LogP contribution in [0.3, 0.4) is 0 Å². The quantitative estimate of drug-likeness (QED) is 0.672. The maximum atomic E-state index is 6.23. The van der Waals surface area contributed by atoms with Crippen LogP contribution >= 0.6 is 11.6 Å². The number of hydrogen-bond acceptors (Lipinski definition) is 4. The first kappa shape index (κ1) is 14.3. The summed E-state index contributed by atoms with van der Waals surface area (Å²) in [5.74, 6) is 7.13. The van der Waals surface area contributed by atoms with Gasteiger partial charge >= 0.3 is 0 Å². The van der Waals surface area contributed by atoms with Gasteiger partial charge in [0.15, 0.2) is 0 Å². The molecule has 0 spiro atoms. The molecule has 4 nitrogen and oxygen atoms in total. The highest BCUT2D eigenvalue weighted by Crippen LogP contribution is 2.39. The third-order valence-electron chi connectivity index (χ3n) is 3.98. The van der Waals surface area contributed by atoms with Gasteiger partial charge in [0.25, 0.3) is 0 Å². The van der Waals surface area contributed by atoms with Crippen molar-refractivity contribution >= 4 is 11.6 Å². The fraction of sp³-hybridized carbons (Fsp3) is 0.312. The molecule has 0 amide bonds. The van der Waals surface area contributed by atoms with Crippen LogP contribution in [0.5, 0.6) is 5.75 Å². The first-order valence-electron chi connectivity index (χ1n) is 7.07. The molecule has 2 atom stereocenters. The number of benzene rings is 1. The number of fused-ring (bicyclic) bond motifs is 1. The van der Waals surface area contributed by atoms with Crippen molar-refractivity contribution in [3.05, 3.63) is 58.9 Å². The van der Waals surface area contributed by atoms with Gasteiger partial charge in [0.05, 0.1) is 11.6 Å². The molecule has 1 aromatic heterocycles. The Bertz CT molecular complexity index is 620. The van der Waals surface area contributed by atoms with Crippen molar-refractivity contribution in [2.24, 2.45) is 5.84 Å². The second kappa shape index (κ2) is 6.43. The second-order valence-corrected chi connectivity index (χ2v) is 5.63. The van der Waals surface area contributed by atoms with Crippen LogP contribution in [0.15, 0.2) is 42.7 Å².